The van der Waals surface area contributed by atoms with Gasteiger partial charge in [-0.15, -0.1) is 0 Å². The van der Waals surface area contributed by atoms with Crippen LogP contribution in [0.1, 0.15) is 41.5 Å². The average Bonchev–Trinajstić information content (AvgIpc) is 2.16. The van der Waals surface area contributed by atoms with Crippen molar-refractivity contribution in [2.45, 2.75) is 41.5 Å². The van der Waals surface area contributed by atoms with Crippen LogP contribution in [0.5, 0.6) is 0 Å². The van der Waals surface area contributed by atoms with Gasteiger partial charge in [-0.3, -0.25) is 9.59 Å². The second-order valence-corrected chi connectivity index (χ2v) is 4.31. The first kappa shape index (κ1) is 14.9. The molecule has 0 aliphatic carbocycles. The van der Waals surface area contributed by atoms with E-state index < -0.39 is 11.9 Å². The number of ketones is 1. The molecule has 0 aliphatic heterocycles. The molecular weight excluding hydrogens is 204 g/mol. The molecule has 0 spiro atoms. The summed E-state index contributed by atoms with van der Waals surface area (Å²) in [5.41, 5.74) is 2.22. The van der Waals surface area contributed by atoms with Crippen molar-refractivity contribution in [2.24, 2.45) is 11.8 Å². The molecule has 0 fully saturated rings. The molecule has 0 heterocycles. The van der Waals surface area contributed by atoms with E-state index in [1.54, 1.807) is 6.92 Å². The maximum atomic E-state index is 11.7. The summed E-state index contributed by atoms with van der Waals surface area (Å²) in [4.78, 5) is 23.2. The highest BCUT2D eigenvalue weighted by Crippen LogP contribution is 2.24. The van der Waals surface area contributed by atoms with Crippen molar-refractivity contribution >= 4 is 11.8 Å². The third kappa shape index (κ3) is 3.80. The van der Waals surface area contributed by atoms with Gasteiger partial charge in [-0.1, -0.05) is 18.1 Å². The Balaban J connectivity index is 5.01. The number of hydrogen-bond donors (Lipinski definition) is 0. The first-order valence-corrected chi connectivity index (χ1v) is 5.63. The van der Waals surface area contributed by atoms with Gasteiger partial charge in [-0.2, -0.15) is 0 Å². The number of rotatable bonds is 5. The number of ether oxygens (including phenoxy) is 1. The first-order valence-electron chi connectivity index (χ1n) is 5.63. The van der Waals surface area contributed by atoms with Gasteiger partial charge in [0.05, 0.1) is 6.61 Å². The highest BCUT2D eigenvalue weighted by atomic mass is 16.5. The lowest BCUT2D eigenvalue weighted by molar-refractivity contribution is -0.152. The Bertz CT molecular complexity index is 298. The molecule has 0 N–H and O–H groups in total. The number of carbonyl (C=O) groups excluding carboxylic acids is 2. The van der Waals surface area contributed by atoms with E-state index in [2.05, 4.69) is 0 Å². The number of carbonyl (C=O) groups is 2. The van der Waals surface area contributed by atoms with Crippen molar-refractivity contribution in [3.05, 3.63) is 11.1 Å². The molecule has 0 saturated carbocycles. The number of esters is 1. The predicted molar refractivity (Wildman–Crippen MR) is 64.0 cm³/mol. The largest absolute Gasteiger partial charge is 0.465 e. The molecular formula is C13H22O3. The van der Waals surface area contributed by atoms with Crippen molar-refractivity contribution in [1.82, 2.24) is 0 Å². The van der Waals surface area contributed by atoms with Crippen LogP contribution in [-0.4, -0.2) is 18.4 Å². The van der Waals surface area contributed by atoms with E-state index >= 15 is 0 Å². The van der Waals surface area contributed by atoms with Crippen LogP contribution in [0.3, 0.4) is 0 Å². The van der Waals surface area contributed by atoms with Crippen LogP contribution in [0.15, 0.2) is 11.1 Å². The van der Waals surface area contributed by atoms with Crippen molar-refractivity contribution < 1.29 is 14.3 Å². The first-order chi connectivity index (χ1) is 7.32. The fourth-order valence-corrected chi connectivity index (χ4v) is 1.66. The third-order valence-electron chi connectivity index (χ3n) is 2.95. The molecule has 2 atom stereocenters. The summed E-state index contributed by atoms with van der Waals surface area (Å²) in [6.07, 6.45) is 0. The van der Waals surface area contributed by atoms with Gasteiger partial charge >= 0.3 is 5.97 Å². The Hall–Kier alpha value is -1.12. The molecule has 0 amide bonds. The van der Waals surface area contributed by atoms with Crippen LogP contribution >= 0.6 is 0 Å². The second kappa shape index (κ2) is 6.46. The Morgan fingerprint density at radius 2 is 1.62 bits per heavy atom. The fraction of sp³-hybridized carbons (Fsp3) is 0.692. The Kier molecular flexibility index (Phi) is 6.01. The van der Waals surface area contributed by atoms with Gasteiger partial charge in [0, 0.05) is 0 Å². The minimum atomic E-state index is -0.671. The van der Waals surface area contributed by atoms with Crippen LogP contribution < -0.4 is 0 Å². The monoisotopic (exact) mass is 226 g/mol. The summed E-state index contributed by atoms with van der Waals surface area (Å²) in [5, 5.41) is 0. The van der Waals surface area contributed by atoms with E-state index in [1.165, 1.54) is 6.92 Å². The lowest BCUT2D eigenvalue weighted by Crippen LogP contribution is -2.31. The second-order valence-electron chi connectivity index (χ2n) is 4.31. The quantitative estimate of drug-likeness (QED) is 0.411. The fourth-order valence-electron chi connectivity index (χ4n) is 1.66. The van der Waals surface area contributed by atoms with Crippen molar-refractivity contribution in [1.29, 1.82) is 0 Å². The number of hydrogen-bond acceptors (Lipinski definition) is 3. The van der Waals surface area contributed by atoms with Gasteiger partial charge < -0.3 is 4.74 Å². The standard InChI is InChI=1S/C13H22O3/c1-7-16-13(15)12(11(6)14)10(5)9(4)8(2)3/h10,12H,7H2,1-6H3. The Labute approximate surface area is 97.9 Å². The van der Waals surface area contributed by atoms with Gasteiger partial charge in [0.25, 0.3) is 0 Å². The third-order valence-corrected chi connectivity index (χ3v) is 2.95. The van der Waals surface area contributed by atoms with Gasteiger partial charge in [-0.25, -0.2) is 0 Å². The summed E-state index contributed by atoms with van der Waals surface area (Å²) in [7, 11) is 0. The lowest BCUT2D eigenvalue weighted by Gasteiger charge is -2.21. The lowest BCUT2D eigenvalue weighted by atomic mass is 9.84. The molecule has 3 heteroatoms. The molecule has 0 aliphatic rings. The summed E-state index contributed by atoms with van der Waals surface area (Å²) in [6.45, 7) is 11.3. The summed E-state index contributed by atoms with van der Waals surface area (Å²) < 4.78 is 4.93. The van der Waals surface area contributed by atoms with Crippen LogP contribution in [0.25, 0.3) is 0 Å². The maximum absolute atomic E-state index is 11.7. The molecule has 0 rings (SSSR count). The minimum absolute atomic E-state index is 0.0958. The molecule has 2 unspecified atom stereocenters. The van der Waals surface area contributed by atoms with Crippen LogP contribution in [0.2, 0.25) is 0 Å². The smallest absolute Gasteiger partial charge is 0.317 e. The van der Waals surface area contributed by atoms with Gasteiger partial charge in [-0.05, 0) is 40.5 Å². The normalized spacial score (nSPS) is 13.9. The highest BCUT2D eigenvalue weighted by molar-refractivity contribution is 5.98. The molecule has 16 heavy (non-hydrogen) atoms. The SMILES string of the molecule is CCOC(=O)C(C(C)=O)C(C)C(C)=C(C)C. The Morgan fingerprint density at radius 1 is 1.12 bits per heavy atom. The molecule has 92 valence electrons. The van der Waals surface area contributed by atoms with Crippen LogP contribution in [0.4, 0.5) is 0 Å². The predicted octanol–water partition coefficient (Wildman–Crippen LogP) is 2.75. The van der Waals surface area contributed by atoms with Crippen molar-refractivity contribution in [3.63, 3.8) is 0 Å². The van der Waals surface area contributed by atoms with Crippen molar-refractivity contribution in [2.75, 3.05) is 6.61 Å². The molecule has 0 aromatic heterocycles. The minimum Gasteiger partial charge on any atom is -0.465 e. The summed E-state index contributed by atoms with van der Waals surface area (Å²) in [5.74, 6) is -1.31. The Morgan fingerprint density at radius 3 is 1.94 bits per heavy atom. The van der Waals surface area contributed by atoms with E-state index in [0.29, 0.717) is 6.61 Å². The topological polar surface area (TPSA) is 43.4 Å². The van der Waals surface area contributed by atoms with Crippen molar-refractivity contribution in [3.8, 4) is 0 Å². The van der Waals surface area contributed by atoms with Gasteiger partial charge in [0.15, 0.2) is 0 Å². The molecule has 0 aromatic rings. The molecule has 0 aromatic carbocycles. The zero-order valence-corrected chi connectivity index (χ0v) is 11.1. The van der Waals surface area contributed by atoms with Gasteiger partial charge in [0.2, 0.25) is 0 Å². The average molecular weight is 226 g/mol. The van der Waals surface area contributed by atoms with Crippen LogP contribution in [-0.2, 0) is 14.3 Å². The summed E-state index contributed by atoms with van der Waals surface area (Å²) in [6, 6.07) is 0. The van der Waals surface area contributed by atoms with E-state index in [-0.39, 0.29) is 11.7 Å². The van der Waals surface area contributed by atoms with E-state index in [4.69, 9.17) is 4.74 Å². The number of allylic oxidation sites excluding steroid dienone is 2. The zero-order valence-electron chi connectivity index (χ0n) is 11.1. The highest BCUT2D eigenvalue weighted by Gasteiger charge is 2.31. The van der Waals surface area contributed by atoms with Gasteiger partial charge in [0.1, 0.15) is 11.7 Å². The molecule has 0 saturated heterocycles. The van der Waals surface area contributed by atoms with E-state index in [9.17, 15) is 9.59 Å². The molecule has 0 bridgehead atoms. The maximum Gasteiger partial charge on any atom is 0.317 e. The zero-order chi connectivity index (χ0) is 12.9. The molecule has 3 nitrogen and oxygen atoms in total. The van der Waals surface area contributed by atoms with E-state index in [1.807, 2.05) is 27.7 Å². The van der Waals surface area contributed by atoms with E-state index in [0.717, 1.165) is 11.1 Å². The summed E-state index contributed by atoms with van der Waals surface area (Å²) >= 11 is 0. The molecule has 0 radical (unpaired) electrons. The number of Topliss-reactive ketones (excluding diaryl/α,β-unsaturated/α-hetero) is 1. The van der Waals surface area contributed by atoms with Crippen LogP contribution in [0, 0.1) is 11.8 Å².